The Bertz CT molecular complexity index is 421. The van der Waals surface area contributed by atoms with Gasteiger partial charge in [0.1, 0.15) is 5.82 Å². The molecule has 0 bridgehead atoms. The Hall–Kier alpha value is -1.13. The molecule has 0 spiro atoms. The highest BCUT2D eigenvalue weighted by Gasteiger charge is 2.34. The molecule has 1 saturated carbocycles. The highest BCUT2D eigenvalue weighted by Crippen LogP contribution is 2.31. The van der Waals surface area contributed by atoms with Gasteiger partial charge < -0.3 is 10.2 Å². The van der Waals surface area contributed by atoms with E-state index in [1.54, 1.807) is 0 Å². The fourth-order valence-electron chi connectivity index (χ4n) is 2.99. The van der Waals surface area contributed by atoms with Crippen molar-refractivity contribution < 1.29 is 0 Å². The summed E-state index contributed by atoms with van der Waals surface area (Å²) in [4.78, 5) is 9.46. The van der Waals surface area contributed by atoms with Gasteiger partial charge >= 0.3 is 0 Å². The van der Waals surface area contributed by atoms with Crippen LogP contribution in [0, 0.1) is 0 Å². The minimum atomic E-state index is 0.723. The predicted molar refractivity (Wildman–Crippen MR) is 83.0 cm³/mol. The summed E-state index contributed by atoms with van der Waals surface area (Å²) in [5, 5.41) is 3.49. The summed E-state index contributed by atoms with van der Waals surface area (Å²) in [6.45, 7) is 6.53. The zero-order chi connectivity index (χ0) is 13.9. The van der Waals surface area contributed by atoms with Gasteiger partial charge in [-0.15, -0.1) is 0 Å². The van der Waals surface area contributed by atoms with E-state index < -0.39 is 0 Å². The fraction of sp³-hybridized carbons (Fsp3) is 0.688. The van der Waals surface area contributed by atoms with Crippen molar-refractivity contribution in [1.82, 2.24) is 15.2 Å². The topological polar surface area (TPSA) is 31.4 Å². The third-order valence-corrected chi connectivity index (χ3v) is 4.56. The fourth-order valence-corrected chi connectivity index (χ4v) is 2.99. The Morgan fingerprint density at radius 3 is 2.65 bits per heavy atom. The summed E-state index contributed by atoms with van der Waals surface area (Å²) in [6, 6.07) is 5.93. The molecule has 110 valence electrons. The number of aromatic nitrogens is 1. The number of hydrogen-bond acceptors (Lipinski definition) is 4. The van der Waals surface area contributed by atoms with Crippen molar-refractivity contribution in [2.45, 2.75) is 44.8 Å². The Kier molecular flexibility index (Phi) is 4.22. The first-order valence-electron chi connectivity index (χ1n) is 7.90. The Balaban J connectivity index is 1.65. The Labute approximate surface area is 122 Å². The van der Waals surface area contributed by atoms with E-state index in [2.05, 4.69) is 52.4 Å². The van der Waals surface area contributed by atoms with Crippen LogP contribution in [0.1, 0.15) is 31.7 Å². The molecule has 1 aromatic heterocycles. The second kappa shape index (κ2) is 6.10. The maximum atomic E-state index is 4.59. The van der Waals surface area contributed by atoms with Gasteiger partial charge in [-0.2, -0.15) is 0 Å². The molecule has 0 amide bonds. The molecule has 2 aliphatic rings. The van der Waals surface area contributed by atoms with Crippen molar-refractivity contribution in [3.8, 4) is 0 Å². The lowest BCUT2D eigenvalue weighted by atomic mass is 10.1. The highest BCUT2D eigenvalue weighted by atomic mass is 15.2. The van der Waals surface area contributed by atoms with E-state index in [4.69, 9.17) is 0 Å². The van der Waals surface area contributed by atoms with Crippen molar-refractivity contribution in [3.05, 3.63) is 23.9 Å². The largest absolute Gasteiger partial charge is 0.360 e. The Morgan fingerprint density at radius 1 is 1.25 bits per heavy atom. The standard InChI is InChI=1S/C16H26N4/c1-3-19(2)16-7-4-13(10-18-16)12-20(14-5-6-14)15-8-9-17-11-15/h4,7,10,14-15,17H,3,5-6,8-9,11-12H2,1-2H3. The summed E-state index contributed by atoms with van der Waals surface area (Å²) in [6.07, 6.45) is 6.10. The van der Waals surface area contributed by atoms with Crippen LogP contribution in [0.2, 0.25) is 0 Å². The maximum Gasteiger partial charge on any atom is 0.128 e. The van der Waals surface area contributed by atoms with E-state index in [0.29, 0.717) is 0 Å². The summed E-state index contributed by atoms with van der Waals surface area (Å²) in [7, 11) is 2.09. The molecule has 0 aromatic carbocycles. The summed E-state index contributed by atoms with van der Waals surface area (Å²) in [5.74, 6) is 1.07. The second-order valence-electron chi connectivity index (χ2n) is 6.09. The molecule has 3 rings (SSSR count). The molecule has 1 N–H and O–H groups in total. The van der Waals surface area contributed by atoms with Crippen LogP contribution in [-0.2, 0) is 6.54 Å². The smallest absolute Gasteiger partial charge is 0.128 e. The number of nitrogens with zero attached hydrogens (tertiary/aromatic N) is 3. The average Bonchev–Trinajstić information content (AvgIpc) is 3.19. The van der Waals surface area contributed by atoms with Gasteiger partial charge in [-0.05, 0) is 44.4 Å². The molecule has 1 saturated heterocycles. The molecule has 1 unspecified atom stereocenters. The molecule has 4 heteroatoms. The number of hydrogen-bond donors (Lipinski definition) is 1. The van der Waals surface area contributed by atoms with Gasteiger partial charge in [-0.3, -0.25) is 4.90 Å². The van der Waals surface area contributed by atoms with Crippen LogP contribution in [0.4, 0.5) is 5.82 Å². The number of pyridine rings is 1. The van der Waals surface area contributed by atoms with E-state index in [9.17, 15) is 0 Å². The molecular weight excluding hydrogens is 248 g/mol. The lowest BCUT2D eigenvalue weighted by molar-refractivity contribution is 0.188. The molecule has 1 atom stereocenters. The molecule has 1 aliphatic heterocycles. The van der Waals surface area contributed by atoms with Gasteiger partial charge in [0, 0.05) is 45.0 Å². The zero-order valence-corrected chi connectivity index (χ0v) is 12.7. The lowest BCUT2D eigenvalue weighted by Gasteiger charge is -2.28. The molecule has 1 aromatic rings. The average molecular weight is 274 g/mol. The van der Waals surface area contributed by atoms with Crippen LogP contribution < -0.4 is 10.2 Å². The van der Waals surface area contributed by atoms with E-state index in [1.165, 1.54) is 31.4 Å². The minimum absolute atomic E-state index is 0.723. The first-order valence-corrected chi connectivity index (χ1v) is 7.90. The Morgan fingerprint density at radius 2 is 2.10 bits per heavy atom. The SMILES string of the molecule is CCN(C)c1ccc(CN(C2CC2)C2CCNC2)cn1. The molecule has 0 radical (unpaired) electrons. The molecule has 20 heavy (non-hydrogen) atoms. The molecular formula is C16H26N4. The minimum Gasteiger partial charge on any atom is -0.360 e. The van der Waals surface area contributed by atoms with Crippen LogP contribution in [0.15, 0.2) is 18.3 Å². The third kappa shape index (κ3) is 3.13. The van der Waals surface area contributed by atoms with Gasteiger partial charge in [0.2, 0.25) is 0 Å². The van der Waals surface area contributed by atoms with E-state index in [0.717, 1.165) is 37.5 Å². The summed E-state index contributed by atoms with van der Waals surface area (Å²) >= 11 is 0. The van der Waals surface area contributed by atoms with Crippen LogP contribution in [-0.4, -0.2) is 48.6 Å². The van der Waals surface area contributed by atoms with Gasteiger partial charge in [0.15, 0.2) is 0 Å². The summed E-state index contributed by atoms with van der Waals surface area (Å²) in [5.41, 5.74) is 1.34. The van der Waals surface area contributed by atoms with Gasteiger partial charge in [0.25, 0.3) is 0 Å². The third-order valence-electron chi connectivity index (χ3n) is 4.56. The van der Waals surface area contributed by atoms with E-state index in [-0.39, 0.29) is 0 Å². The van der Waals surface area contributed by atoms with Crippen LogP contribution in [0.3, 0.4) is 0 Å². The van der Waals surface area contributed by atoms with Crippen molar-refractivity contribution in [3.63, 3.8) is 0 Å². The van der Waals surface area contributed by atoms with Crippen LogP contribution in [0.25, 0.3) is 0 Å². The van der Waals surface area contributed by atoms with Crippen LogP contribution >= 0.6 is 0 Å². The normalized spacial score (nSPS) is 22.4. The van der Waals surface area contributed by atoms with Crippen molar-refractivity contribution in [2.75, 3.05) is 31.6 Å². The van der Waals surface area contributed by atoms with Gasteiger partial charge in [-0.1, -0.05) is 6.07 Å². The molecule has 2 heterocycles. The second-order valence-corrected chi connectivity index (χ2v) is 6.09. The van der Waals surface area contributed by atoms with E-state index >= 15 is 0 Å². The molecule has 4 nitrogen and oxygen atoms in total. The molecule has 2 fully saturated rings. The predicted octanol–water partition coefficient (Wildman–Crippen LogP) is 1.86. The number of rotatable bonds is 6. The van der Waals surface area contributed by atoms with E-state index in [1.807, 2.05) is 0 Å². The van der Waals surface area contributed by atoms with Crippen molar-refractivity contribution in [1.29, 1.82) is 0 Å². The van der Waals surface area contributed by atoms with Crippen molar-refractivity contribution >= 4 is 5.82 Å². The monoisotopic (exact) mass is 274 g/mol. The number of nitrogens with one attached hydrogen (secondary N) is 1. The van der Waals surface area contributed by atoms with Gasteiger partial charge in [-0.25, -0.2) is 4.98 Å². The van der Waals surface area contributed by atoms with Gasteiger partial charge in [0.05, 0.1) is 0 Å². The quantitative estimate of drug-likeness (QED) is 0.858. The number of anilines is 1. The van der Waals surface area contributed by atoms with Crippen molar-refractivity contribution in [2.24, 2.45) is 0 Å². The first kappa shape index (κ1) is 13.8. The zero-order valence-electron chi connectivity index (χ0n) is 12.7. The summed E-state index contributed by atoms with van der Waals surface area (Å²) < 4.78 is 0. The first-order chi connectivity index (χ1) is 9.78. The maximum absolute atomic E-state index is 4.59. The molecule has 1 aliphatic carbocycles. The lowest BCUT2D eigenvalue weighted by Crippen LogP contribution is -2.38. The van der Waals surface area contributed by atoms with Crippen LogP contribution in [0.5, 0.6) is 0 Å². The highest BCUT2D eigenvalue weighted by molar-refractivity contribution is 5.38.